The number of methoxy groups -OCH3 is 1. The number of aryl methyl sites for hydroxylation is 1. The van der Waals surface area contributed by atoms with E-state index in [0.29, 0.717) is 6.54 Å². The zero-order chi connectivity index (χ0) is 22.1. The minimum absolute atomic E-state index is 0.0558. The highest BCUT2D eigenvalue weighted by Crippen LogP contribution is 2.36. The summed E-state index contributed by atoms with van der Waals surface area (Å²) in [6, 6.07) is 5.63. The lowest BCUT2D eigenvalue weighted by Crippen LogP contribution is -2.51. The number of fused-ring (bicyclic) bond motifs is 1. The van der Waals surface area contributed by atoms with Gasteiger partial charge in [-0.05, 0) is 48.1 Å². The van der Waals surface area contributed by atoms with Crippen LogP contribution in [0.1, 0.15) is 44.1 Å². The van der Waals surface area contributed by atoms with Crippen molar-refractivity contribution in [3.8, 4) is 11.3 Å². The van der Waals surface area contributed by atoms with Gasteiger partial charge in [0.15, 0.2) is 0 Å². The van der Waals surface area contributed by atoms with E-state index in [1.165, 1.54) is 22.8 Å². The second kappa shape index (κ2) is 8.70. The number of imidazole rings is 1. The van der Waals surface area contributed by atoms with Gasteiger partial charge in [0.05, 0.1) is 25.0 Å². The monoisotopic (exact) mass is 440 g/mol. The van der Waals surface area contributed by atoms with Gasteiger partial charge < -0.3 is 19.9 Å². The predicted molar refractivity (Wildman–Crippen MR) is 122 cm³/mol. The molecule has 2 N–H and O–H groups in total. The van der Waals surface area contributed by atoms with E-state index in [2.05, 4.69) is 45.8 Å². The molecular formula is C23H28N4O3S. The van der Waals surface area contributed by atoms with Crippen LogP contribution in [-0.4, -0.2) is 46.6 Å². The molecule has 8 heteroatoms. The van der Waals surface area contributed by atoms with Crippen LogP contribution in [0.25, 0.3) is 21.3 Å². The molecule has 3 aromatic rings. The highest BCUT2D eigenvalue weighted by molar-refractivity contribution is 7.17. The average Bonchev–Trinajstić information content (AvgIpc) is 3.51. The van der Waals surface area contributed by atoms with Crippen LogP contribution in [0.15, 0.2) is 29.8 Å². The van der Waals surface area contributed by atoms with Crippen LogP contribution in [-0.2, 0) is 9.53 Å². The van der Waals surface area contributed by atoms with E-state index in [-0.39, 0.29) is 17.9 Å². The molecule has 3 heterocycles. The van der Waals surface area contributed by atoms with Crippen molar-refractivity contribution in [1.82, 2.24) is 20.2 Å². The molecule has 0 unspecified atom stereocenters. The van der Waals surface area contributed by atoms with Crippen molar-refractivity contribution >= 4 is 33.4 Å². The number of alkyl carbamates (subject to hydrolysis) is 1. The molecule has 7 nitrogen and oxygen atoms in total. The number of amides is 2. The molecular weight excluding hydrogens is 412 g/mol. The number of hydrogen-bond acceptors (Lipinski definition) is 5. The van der Waals surface area contributed by atoms with Gasteiger partial charge in [0.2, 0.25) is 5.91 Å². The van der Waals surface area contributed by atoms with E-state index in [1.54, 1.807) is 11.3 Å². The lowest BCUT2D eigenvalue weighted by atomic mass is 10.0. The molecule has 0 radical (unpaired) electrons. The van der Waals surface area contributed by atoms with Crippen LogP contribution in [0.5, 0.6) is 0 Å². The van der Waals surface area contributed by atoms with Gasteiger partial charge >= 0.3 is 6.09 Å². The van der Waals surface area contributed by atoms with Gasteiger partial charge in [0.25, 0.3) is 0 Å². The summed E-state index contributed by atoms with van der Waals surface area (Å²) in [5.41, 5.74) is 3.33. The Balaban J connectivity index is 1.60. The minimum Gasteiger partial charge on any atom is -0.453 e. The van der Waals surface area contributed by atoms with Crippen LogP contribution in [0.3, 0.4) is 0 Å². The first kappa shape index (κ1) is 21.4. The Morgan fingerprint density at radius 1 is 1.32 bits per heavy atom. The molecule has 1 saturated heterocycles. The standard InChI is InChI=1S/C23H28N4O3S/c1-13(2)19(26-23(29)30-4)22(28)27-10-5-6-18(27)21-24-12-17(25-21)16-8-7-14(3)15-9-11-31-20(15)16/h7-9,11-13,18-19H,5-6,10H2,1-4H3,(H,24,25)(H,26,29)/t18-,19-/m0/s1. The number of H-pyrrole nitrogens is 1. The first-order valence-electron chi connectivity index (χ1n) is 10.6. The second-order valence-corrected chi connectivity index (χ2v) is 9.24. The predicted octanol–water partition coefficient (Wildman–Crippen LogP) is 4.64. The van der Waals surface area contributed by atoms with Gasteiger partial charge in [-0.2, -0.15) is 0 Å². The number of aromatic amines is 1. The average molecular weight is 441 g/mol. The fraction of sp³-hybridized carbons (Fsp3) is 0.435. The fourth-order valence-electron chi connectivity index (χ4n) is 4.25. The first-order valence-corrected chi connectivity index (χ1v) is 11.5. The topological polar surface area (TPSA) is 87.3 Å². The number of ether oxygens (including phenoxy) is 1. The zero-order valence-corrected chi connectivity index (χ0v) is 19.1. The van der Waals surface area contributed by atoms with Crippen molar-refractivity contribution in [2.45, 2.75) is 45.7 Å². The van der Waals surface area contributed by atoms with E-state index >= 15 is 0 Å². The van der Waals surface area contributed by atoms with Crippen LogP contribution in [0, 0.1) is 12.8 Å². The maximum absolute atomic E-state index is 13.3. The Morgan fingerprint density at radius 3 is 2.87 bits per heavy atom. The Morgan fingerprint density at radius 2 is 2.13 bits per heavy atom. The molecule has 4 rings (SSSR count). The molecule has 0 spiro atoms. The summed E-state index contributed by atoms with van der Waals surface area (Å²) < 4.78 is 5.94. The number of carbonyl (C=O) groups excluding carboxylic acids is 2. The number of hydrogen-bond donors (Lipinski definition) is 2. The van der Waals surface area contributed by atoms with Crippen LogP contribution >= 0.6 is 11.3 Å². The number of carbonyl (C=O) groups is 2. The first-order chi connectivity index (χ1) is 14.9. The zero-order valence-electron chi connectivity index (χ0n) is 18.3. The van der Waals surface area contributed by atoms with Gasteiger partial charge in [-0.3, -0.25) is 4.79 Å². The van der Waals surface area contributed by atoms with Gasteiger partial charge in [-0.1, -0.05) is 26.0 Å². The number of nitrogens with zero attached hydrogens (tertiary/aromatic N) is 2. The fourth-order valence-corrected chi connectivity index (χ4v) is 5.25. The third-order valence-electron chi connectivity index (χ3n) is 5.96. The van der Waals surface area contributed by atoms with Crippen molar-refractivity contribution in [2.24, 2.45) is 5.92 Å². The quantitative estimate of drug-likeness (QED) is 0.605. The summed E-state index contributed by atoms with van der Waals surface area (Å²) >= 11 is 1.72. The number of likely N-dealkylation sites (tertiary alicyclic amines) is 1. The lowest BCUT2D eigenvalue weighted by Gasteiger charge is -2.30. The van der Waals surface area contributed by atoms with Gasteiger partial charge in [-0.25, -0.2) is 9.78 Å². The Hall–Kier alpha value is -2.87. The minimum atomic E-state index is -0.634. The number of aromatic nitrogens is 2. The molecule has 0 saturated carbocycles. The molecule has 31 heavy (non-hydrogen) atoms. The maximum atomic E-state index is 13.3. The SMILES string of the molecule is COC(=O)N[C@H](C(=O)N1CCC[C@H]1c1ncc(-c2ccc(C)c3ccsc23)[nH]1)C(C)C. The van der Waals surface area contributed by atoms with Crippen LogP contribution in [0.4, 0.5) is 4.79 Å². The maximum Gasteiger partial charge on any atom is 0.407 e. The van der Waals surface area contributed by atoms with E-state index in [9.17, 15) is 9.59 Å². The molecule has 1 aliphatic rings. The molecule has 1 aliphatic heterocycles. The van der Waals surface area contributed by atoms with Gasteiger partial charge in [0.1, 0.15) is 11.9 Å². The molecule has 2 amide bonds. The largest absolute Gasteiger partial charge is 0.453 e. The summed E-state index contributed by atoms with van der Waals surface area (Å²) in [6.07, 6.45) is 2.99. The summed E-state index contributed by atoms with van der Waals surface area (Å²) in [6.45, 7) is 6.59. The van der Waals surface area contributed by atoms with E-state index in [4.69, 9.17) is 4.74 Å². The van der Waals surface area contributed by atoms with E-state index in [0.717, 1.165) is 29.9 Å². The van der Waals surface area contributed by atoms with Gasteiger partial charge in [0, 0.05) is 16.8 Å². The van der Waals surface area contributed by atoms with Crippen molar-refractivity contribution < 1.29 is 14.3 Å². The van der Waals surface area contributed by atoms with E-state index in [1.807, 2.05) is 24.9 Å². The number of rotatable bonds is 5. The van der Waals surface area contributed by atoms with Gasteiger partial charge in [-0.15, -0.1) is 11.3 Å². The molecule has 0 bridgehead atoms. The van der Waals surface area contributed by atoms with E-state index < -0.39 is 12.1 Å². The molecule has 1 fully saturated rings. The molecule has 2 aromatic heterocycles. The van der Waals surface area contributed by atoms with Crippen molar-refractivity contribution in [1.29, 1.82) is 0 Å². The molecule has 2 atom stereocenters. The smallest absolute Gasteiger partial charge is 0.407 e. The number of thiophene rings is 1. The second-order valence-electron chi connectivity index (χ2n) is 8.32. The number of nitrogens with one attached hydrogen (secondary N) is 2. The molecule has 0 aliphatic carbocycles. The highest BCUT2D eigenvalue weighted by Gasteiger charge is 2.37. The van der Waals surface area contributed by atoms with Crippen LogP contribution in [0.2, 0.25) is 0 Å². The third kappa shape index (κ3) is 4.04. The lowest BCUT2D eigenvalue weighted by molar-refractivity contribution is -0.135. The van der Waals surface area contributed by atoms with Crippen LogP contribution < -0.4 is 5.32 Å². The van der Waals surface area contributed by atoms with Crippen molar-refractivity contribution in [3.63, 3.8) is 0 Å². The summed E-state index contributed by atoms with van der Waals surface area (Å²) in [5, 5.41) is 6.05. The third-order valence-corrected chi connectivity index (χ3v) is 6.91. The molecule has 164 valence electrons. The van der Waals surface area contributed by atoms with Crippen molar-refractivity contribution in [2.75, 3.05) is 13.7 Å². The summed E-state index contributed by atoms with van der Waals surface area (Å²) in [5.74, 6) is 0.628. The summed E-state index contributed by atoms with van der Waals surface area (Å²) in [4.78, 5) is 35.0. The Labute approximate surface area is 185 Å². The Bertz CT molecular complexity index is 1100. The number of benzene rings is 1. The normalized spacial score (nSPS) is 17.3. The summed E-state index contributed by atoms with van der Waals surface area (Å²) in [7, 11) is 1.30. The Kier molecular flexibility index (Phi) is 6.00. The molecule has 1 aromatic carbocycles. The van der Waals surface area contributed by atoms with Crippen molar-refractivity contribution in [3.05, 3.63) is 41.2 Å². The highest BCUT2D eigenvalue weighted by atomic mass is 32.1.